The zero-order chi connectivity index (χ0) is 17.3. The van der Waals surface area contributed by atoms with E-state index in [-0.39, 0.29) is 11.5 Å². The summed E-state index contributed by atoms with van der Waals surface area (Å²) in [6, 6.07) is 10.8. The van der Waals surface area contributed by atoms with Gasteiger partial charge in [-0.3, -0.25) is 9.59 Å². The Morgan fingerprint density at radius 2 is 1.88 bits per heavy atom. The summed E-state index contributed by atoms with van der Waals surface area (Å²) in [6.07, 6.45) is 0.535. The van der Waals surface area contributed by atoms with Crippen LogP contribution in [-0.4, -0.2) is 24.4 Å². The van der Waals surface area contributed by atoms with Crippen LogP contribution in [0.3, 0.4) is 0 Å². The Balaban J connectivity index is 1.73. The third kappa shape index (κ3) is 3.30. The highest BCUT2D eigenvalue weighted by molar-refractivity contribution is 6.04. The second-order valence-electron chi connectivity index (χ2n) is 6.16. The Hall–Kier alpha value is -2.69. The van der Waals surface area contributed by atoms with Crippen molar-refractivity contribution in [1.29, 1.82) is 0 Å². The average Bonchev–Trinajstić information content (AvgIpc) is 2.87. The molecule has 4 nitrogen and oxygen atoms in total. The molecule has 1 fully saturated rings. The van der Waals surface area contributed by atoms with Crippen molar-refractivity contribution in [2.45, 2.75) is 26.3 Å². The van der Waals surface area contributed by atoms with E-state index in [1.807, 2.05) is 32.0 Å². The van der Waals surface area contributed by atoms with Crippen molar-refractivity contribution in [3.05, 3.63) is 65.0 Å². The zero-order valence-corrected chi connectivity index (χ0v) is 13.7. The van der Waals surface area contributed by atoms with Gasteiger partial charge >= 0.3 is 0 Å². The van der Waals surface area contributed by atoms with Crippen LogP contribution in [0.5, 0.6) is 0 Å². The Morgan fingerprint density at radius 3 is 2.54 bits per heavy atom. The van der Waals surface area contributed by atoms with E-state index in [1.54, 1.807) is 4.90 Å². The maximum Gasteiger partial charge on any atom is 0.252 e. The Labute approximate surface area is 140 Å². The number of aryl methyl sites for hydroxylation is 2. The maximum atomic E-state index is 13.2. The standard InChI is InChI=1S/C19H19FN2O2/c1-12-8-13(2)10-16(9-12)22-7-6-17(19(22)24)21-18(23)14-4-3-5-15(20)11-14/h3-5,8-11,17H,6-7H2,1-2H3,(H,21,23). The van der Waals surface area contributed by atoms with E-state index in [4.69, 9.17) is 0 Å². The van der Waals surface area contributed by atoms with Crippen LogP contribution in [0.15, 0.2) is 42.5 Å². The first-order valence-electron chi connectivity index (χ1n) is 7.90. The SMILES string of the molecule is Cc1cc(C)cc(N2CCC(NC(=O)c3cccc(F)c3)C2=O)c1. The summed E-state index contributed by atoms with van der Waals surface area (Å²) in [5.74, 6) is -1.04. The highest BCUT2D eigenvalue weighted by atomic mass is 19.1. The van der Waals surface area contributed by atoms with Crippen LogP contribution in [0, 0.1) is 19.7 Å². The molecule has 1 heterocycles. The van der Waals surface area contributed by atoms with E-state index in [0.29, 0.717) is 13.0 Å². The lowest BCUT2D eigenvalue weighted by Crippen LogP contribution is -2.41. The number of carbonyl (C=O) groups excluding carboxylic acids is 2. The first-order chi connectivity index (χ1) is 11.4. The fraction of sp³-hybridized carbons (Fsp3) is 0.263. The molecule has 1 saturated heterocycles. The maximum absolute atomic E-state index is 13.2. The average molecular weight is 326 g/mol. The molecule has 1 unspecified atom stereocenters. The lowest BCUT2D eigenvalue weighted by atomic mass is 10.1. The van der Waals surface area contributed by atoms with Crippen molar-refractivity contribution in [2.24, 2.45) is 0 Å². The summed E-state index contributed by atoms with van der Waals surface area (Å²) in [5, 5.41) is 2.70. The van der Waals surface area contributed by atoms with Crippen LogP contribution in [0.1, 0.15) is 27.9 Å². The molecule has 24 heavy (non-hydrogen) atoms. The number of benzene rings is 2. The lowest BCUT2D eigenvalue weighted by Gasteiger charge is -2.18. The summed E-state index contributed by atoms with van der Waals surface area (Å²) in [5.41, 5.74) is 3.24. The molecule has 2 aromatic rings. The van der Waals surface area contributed by atoms with Gasteiger partial charge in [0.2, 0.25) is 5.91 Å². The molecule has 2 amide bonds. The van der Waals surface area contributed by atoms with Gasteiger partial charge in [0.05, 0.1) is 0 Å². The monoisotopic (exact) mass is 326 g/mol. The number of anilines is 1. The van der Waals surface area contributed by atoms with Gasteiger partial charge in [0.25, 0.3) is 5.91 Å². The van der Waals surface area contributed by atoms with Crippen molar-refractivity contribution < 1.29 is 14.0 Å². The van der Waals surface area contributed by atoms with Gasteiger partial charge in [0.1, 0.15) is 11.9 Å². The predicted molar refractivity (Wildman–Crippen MR) is 90.5 cm³/mol. The molecule has 5 heteroatoms. The van der Waals surface area contributed by atoms with Crippen LogP contribution in [0.4, 0.5) is 10.1 Å². The van der Waals surface area contributed by atoms with Gasteiger partial charge in [-0.15, -0.1) is 0 Å². The Kier molecular flexibility index (Phi) is 4.34. The molecular weight excluding hydrogens is 307 g/mol. The number of nitrogens with zero attached hydrogens (tertiary/aromatic N) is 1. The summed E-state index contributed by atoms with van der Waals surface area (Å²) in [7, 11) is 0. The Morgan fingerprint density at radius 1 is 1.17 bits per heavy atom. The molecular formula is C19H19FN2O2. The summed E-state index contributed by atoms with van der Waals surface area (Å²) < 4.78 is 13.2. The third-order valence-electron chi connectivity index (χ3n) is 4.12. The number of carbonyl (C=O) groups is 2. The number of hydrogen-bond acceptors (Lipinski definition) is 2. The van der Waals surface area contributed by atoms with Crippen LogP contribution in [0.25, 0.3) is 0 Å². The topological polar surface area (TPSA) is 49.4 Å². The minimum Gasteiger partial charge on any atom is -0.340 e. The minimum atomic E-state index is -0.582. The molecule has 124 valence electrons. The van der Waals surface area contributed by atoms with Crippen molar-refractivity contribution in [2.75, 3.05) is 11.4 Å². The van der Waals surface area contributed by atoms with Gasteiger partial charge in [0, 0.05) is 17.8 Å². The summed E-state index contributed by atoms with van der Waals surface area (Å²) in [4.78, 5) is 26.5. The minimum absolute atomic E-state index is 0.134. The van der Waals surface area contributed by atoms with E-state index in [0.717, 1.165) is 22.9 Å². The first-order valence-corrected chi connectivity index (χ1v) is 7.90. The van der Waals surface area contributed by atoms with Gasteiger partial charge in [-0.05, 0) is 61.7 Å². The third-order valence-corrected chi connectivity index (χ3v) is 4.12. The van der Waals surface area contributed by atoms with Crippen LogP contribution >= 0.6 is 0 Å². The van der Waals surface area contributed by atoms with Gasteiger partial charge < -0.3 is 10.2 Å². The van der Waals surface area contributed by atoms with E-state index in [1.165, 1.54) is 18.2 Å². The van der Waals surface area contributed by atoms with Crippen molar-refractivity contribution in [1.82, 2.24) is 5.32 Å². The predicted octanol–water partition coefficient (Wildman–Crippen LogP) is 2.98. The number of amides is 2. The number of halogens is 1. The molecule has 0 bridgehead atoms. The van der Waals surface area contributed by atoms with E-state index in [9.17, 15) is 14.0 Å². The number of rotatable bonds is 3. The molecule has 1 aliphatic rings. The number of nitrogens with one attached hydrogen (secondary N) is 1. The molecule has 0 saturated carbocycles. The fourth-order valence-corrected chi connectivity index (χ4v) is 3.05. The molecule has 0 aliphatic carbocycles. The Bertz CT molecular complexity index is 783. The molecule has 0 spiro atoms. The molecule has 0 aromatic heterocycles. The second-order valence-corrected chi connectivity index (χ2v) is 6.16. The molecule has 1 atom stereocenters. The summed E-state index contributed by atoms with van der Waals surface area (Å²) in [6.45, 7) is 4.52. The van der Waals surface area contributed by atoms with Gasteiger partial charge in [-0.25, -0.2) is 4.39 Å². The molecule has 3 rings (SSSR count). The van der Waals surface area contributed by atoms with Crippen molar-refractivity contribution >= 4 is 17.5 Å². The fourth-order valence-electron chi connectivity index (χ4n) is 3.05. The van der Waals surface area contributed by atoms with E-state index < -0.39 is 17.8 Å². The lowest BCUT2D eigenvalue weighted by molar-refractivity contribution is -0.118. The molecule has 2 aromatic carbocycles. The second kappa shape index (κ2) is 6.43. The first kappa shape index (κ1) is 16.2. The zero-order valence-electron chi connectivity index (χ0n) is 13.7. The summed E-state index contributed by atoms with van der Waals surface area (Å²) >= 11 is 0. The molecule has 0 radical (unpaired) electrons. The van der Waals surface area contributed by atoms with Gasteiger partial charge in [-0.1, -0.05) is 12.1 Å². The quantitative estimate of drug-likeness (QED) is 0.943. The highest BCUT2D eigenvalue weighted by Gasteiger charge is 2.33. The molecule has 1 aliphatic heterocycles. The normalized spacial score (nSPS) is 17.2. The van der Waals surface area contributed by atoms with E-state index in [2.05, 4.69) is 5.32 Å². The van der Waals surface area contributed by atoms with Crippen molar-refractivity contribution in [3.8, 4) is 0 Å². The van der Waals surface area contributed by atoms with Gasteiger partial charge in [0.15, 0.2) is 0 Å². The van der Waals surface area contributed by atoms with Crippen LogP contribution in [-0.2, 0) is 4.79 Å². The van der Waals surface area contributed by atoms with Gasteiger partial charge in [-0.2, -0.15) is 0 Å². The van der Waals surface area contributed by atoms with Crippen molar-refractivity contribution in [3.63, 3.8) is 0 Å². The van der Waals surface area contributed by atoms with E-state index >= 15 is 0 Å². The smallest absolute Gasteiger partial charge is 0.252 e. The van der Waals surface area contributed by atoms with Crippen LogP contribution < -0.4 is 10.2 Å². The van der Waals surface area contributed by atoms with Crippen LogP contribution in [0.2, 0.25) is 0 Å². The highest BCUT2D eigenvalue weighted by Crippen LogP contribution is 2.24. The largest absolute Gasteiger partial charge is 0.340 e. The molecule has 1 N–H and O–H groups in total. The number of hydrogen-bond donors (Lipinski definition) is 1.